The van der Waals surface area contributed by atoms with E-state index in [-0.39, 0.29) is 6.04 Å². The van der Waals surface area contributed by atoms with Crippen LogP contribution >= 0.6 is 0 Å². The first-order valence-corrected chi connectivity index (χ1v) is 8.50. The Bertz CT molecular complexity index is 685. The maximum absolute atomic E-state index is 10.4. The van der Waals surface area contributed by atoms with Gasteiger partial charge < -0.3 is 14.4 Å². The predicted octanol–water partition coefficient (Wildman–Crippen LogP) is 2.01. The minimum atomic E-state index is -0.528. The number of ether oxygens (including phenoxy) is 1. The van der Waals surface area contributed by atoms with Crippen molar-refractivity contribution >= 4 is 0 Å². The van der Waals surface area contributed by atoms with Gasteiger partial charge in [0.05, 0.1) is 6.04 Å². The van der Waals surface area contributed by atoms with Gasteiger partial charge >= 0.3 is 0 Å². The van der Waals surface area contributed by atoms with Gasteiger partial charge in [0.2, 0.25) is 0 Å². The standard InChI is InChI=1S/C18H26N4O2/c1-13-6-7-17(14(2)9-13)24-11-15(23)10-22-8-4-5-16(22)18-20-19-12-21(18)3/h6-7,9,12,15-16,23H,4-5,8,10-11H2,1-3H3. The van der Waals surface area contributed by atoms with Crippen LogP contribution in [-0.4, -0.2) is 50.6 Å². The number of aliphatic hydroxyl groups excluding tert-OH is 1. The van der Waals surface area contributed by atoms with Gasteiger partial charge in [-0.15, -0.1) is 10.2 Å². The minimum absolute atomic E-state index is 0.230. The Balaban J connectivity index is 1.56. The molecule has 2 heterocycles. The average Bonchev–Trinajstić information content (AvgIpc) is 3.15. The van der Waals surface area contributed by atoms with Gasteiger partial charge in [-0.3, -0.25) is 4.90 Å². The van der Waals surface area contributed by atoms with E-state index < -0.39 is 6.10 Å². The van der Waals surface area contributed by atoms with Crippen LogP contribution < -0.4 is 4.74 Å². The normalized spacial score (nSPS) is 19.6. The molecular formula is C18H26N4O2. The molecule has 0 aliphatic carbocycles. The molecule has 3 rings (SSSR count). The number of nitrogens with zero attached hydrogens (tertiary/aromatic N) is 4. The number of rotatable bonds is 6. The van der Waals surface area contributed by atoms with Gasteiger partial charge in [0.15, 0.2) is 0 Å². The Morgan fingerprint density at radius 1 is 1.38 bits per heavy atom. The molecule has 2 aromatic rings. The summed E-state index contributed by atoms with van der Waals surface area (Å²) >= 11 is 0. The lowest BCUT2D eigenvalue weighted by molar-refractivity contribution is 0.0620. The summed E-state index contributed by atoms with van der Waals surface area (Å²) in [7, 11) is 1.96. The van der Waals surface area contributed by atoms with Crippen molar-refractivity contribution in [1.82, 2.24) is 19.7 Å². The molecule has 1 aliphatic rings. The monoisotopic (exact) mass is 330 g/mol. The average molecular weight is 330 g/mol. The van der Waals surface area contributed by atoms with E-state index >= 15 is 0 Å². The Labute approximate surface area is 143 Å². The van der Waals surface area contributed by atoms with Gasteiger partial charge in [0.1, 0.15) is 30.6 Å². The Hall–Kier alpha value is -1.92. The highest BCUT2D eigenvalue weighted by Crippen LogP contribution is 2.30. The van der Waals surface area contributed by atoms with E-state index in [0.717, 1.165) is 36.5 Å². The smallest absolute Gasteiger partial charge is 0.149 e. The number of aliphatic hydroxyl groups is 1. The summed E-state index contributed by atoms with van der Waals surface area (Å²) in [5.74, 6) is 1.81. The summed E-state index contributed by atoms with van der Waals surface area (Å²) in [5, 5.41) is 18.6. The first-order chi connectivity index (χ1) is 11.5. The van der Waals surface area contributed by atoms with Crippen LogP contribution in [0.25, 0.3) is 0 Å². The second-order valence-corrected chi connectivity index (χ2v) is 6.69. The number of aromatic nitrogens is 3. The summed E-state index contributed by atoms with van der Waals surface area (Å²) in [6.45, 7) is 5.94. The summed E-state index contributed by atoms with van der Waals surface area (Å²) < 4.78 is 7.76. The number of likely N-dealkylation sites (tertiary alicyclic amines) is 1. The van der Waals surface area contributed by atoms with Gasteiger partial charge in [-0.25, -0.2) is 0 Å². The lowest BCUT2D eigenvalue weighted by Crippen LogP contribution is -2.36. The van der Waals surface area contributed by atoms with E-state index in [4.69, 9.17) is 4.74 Å². The molecule has 1 N–H and O–H groups in total. The lowest BCUT2D eigenvalue weighted by Gasteiger charge is -2.26. The second-order valence-electron chi connectivity index (χ2n) is 6.69. The van der Waals surface area contributed by atoms with E-state index in [1.54, 1.807) is 6.33 Å². The summed E-state index contributed by atoms with van der Waals surface area (Å²) in [6.07, 6.45) is 3.37. The van der Waals surface area contributed by atoms with Crippen molar-refractivity contribution in [2.75, 3.05) is 19.7 Å². The summed E-state index contributed by atoms with van der Waals surface area (Å²) in [6, 6.07) is 6.31. The van der Waals surface area contributed by atoms with Gasteiger partial charge in [0, 0.05) is 13.6 Å². The molecule has 0 saturated carbocycles. The van der Waals surface area contributed by atoms with Crippen molar-refractivity contribution in [3.63, 3.8) is 0 Å². The summed E-state index contributed by atoms with van der Waals surface area (Å²) in [5.41, 5.74) is 2.31. The Morgan fingerprint density at radius 2 is 2.21 bits per heavy atom. The van der Waals surface area contributed by atoms with Crippen LogP contribution in [0.15, 0.2) is 24.5 Å². The van der Waals surface area contributed by atoms with Crippen LogP contribution in [0.2, 0.25) is 0 Å². The highest BCUT2D eigenvalue weighted by Gasteiger charge is 2.30. The number of hydrogen-bond donors (Lipinski definition) is 1. The number of β-amino-alcohol motifs (C(OH)–C–C–N with tert-alkyl or cyclic N) is 1. The van der Waals surface area contributed by atoms with Crippen LogP contribution in [0.5, 0.6) is 5.75 Å². The molecule has 1 aromatic heterocycles. The van der Waals surface area contributed by atoms with Crippen LogP contribution in [0.4, 0.5) is 0 Å². The van der Waals surface area contributed by atoms with Crippen molar-refractivity contribution in [3.8, 4) is 5.75 Å². The predicted molar refractivity (Wildman–Crippen MR) is 92.0 cm³/mol. The molecule has 0 radical (unpaired) electrons. The quantitative estimate of drug-likeness (QED) is 0.878. The van der Waals surface area contributed by atoms with Crippen molar-refractivity contribution in [2.45, 2.75) is 38.8 Å². The molecule has 0 amide bonds. The fourth-order valence-electron chi connectivity index (χ4n) is 3.40. The van der Waals surface area contributed by atoms with Gasteiger partial charge in [-0.05, 0) is 44.9 Å². The molecule has 6 heteroatoms. The zero-order valence-corrected chi connectivity index (χ0v) is 14.6. The number of aryl methyl sites for hydroxylation is 3. The highest BCUT2D eigenvalue weighted by atomic mass is 16.5. The van der Waals surface area contributed by atoms with Crippen LogP contribution in [0, 0.1) is 13.8 Å². The molecule has 24 heavy (non-hydrogen) atoms. The third-order valence-corrected chi connectivity index (χ3v) is 4.62. The highest BCUT2D eigenvalue weighted by molar-refractivity contribution is 5.35. The van der Waals surface area contributed by atoms with Crippen molar-refractivity contribution < 1.29 is 9.84 Å². The van der Waals surface area contributed by atoms with Crippen LogP contribution in [-0.2, 0) is 7.05 Å². The molecule has 2 unspecified atom stereocenters. The maximum atomic E-state index is 10.4. The Kier molecular flexibility index (Phi) is 5.16. The topological polar surface area (TPSA) is 63.4 Å². The Morgan fingerprint density at radius 3 is 2.92 bits per heavy atom. The van der Waals surface area contributed by atoms with Crippen LogP contribution in [0.3, 0.4) is 0 Å². The second kappa shape index (κ2) is 7.32. The van der Waals surface area contributed by atoms with Crippen molar-refractivity contribution in [2.24, 2.45) is 7.05 Å². The van der Waals surface area contributed by atoms with E-state index in [2.05, 4.69) is 28.1 Å². The number of benzene rings is 1. The molecule has 0 bridgehead atoms. The van der Waals surface area contributed by atoms with Gasteiger partial charge in [0.25, 0.3) is 0 Å². The molecule has 2 atom stereocenters. The van der Waals surface area contributed by atoms with E-state index in [9.17, 15) is 5.11 Å². The van der Waals surface area contributed by atoms with E-state index in [0.29, 0.717) is 13.2 Å². The summed E-state index contributed by atoms with van der Waals surface area (Å²) in [4.78, 5) is 2.28. The fourth-order valence-corrected chi connectivity index (χ4v) is 3.40. The van der Waals surface area contributed by atoms with Crippen molar-refractivity contribution in [3.05, 3.63) is 41.5 Å². The molecular weight excluding hydrogens is 304 g/mol. The van der Waals surface area contributed by atoms with E-state index in [1.807, 2.05) is 30.7 Å². The third-order valence-electron chi connectivity index (χ3n) is 4.62. The fraction of sp³-hybridized carbons (Fsp3) is 0.556. The zero-order valence-electron chi connectivity index (χ0n) is 14.6. The largest absolute Gasteiger partial charge is 0.491 e. The van der Waals surface area contributed by atoms with Gasteiger partial charge in [-0.2, -0.15) is 0 Å². The minimum Gasteiger partial charge on any atom is -0.491 e. The third kappa shape index (κ3) is 3.76. The first-order valence-electron chi connectivity index (χ1n) is 8.50. The van der Waals surface area contributed by atoms with Crippen LogP contribution in [0.1, 0.15) is 35.8 Å². The van der Waals surface area contributed by atoms with Gasteiger partial charge in [-0.1, -0.05) is 17.7 Å². The lowest BCUT2D eigenvalue weighted by atomic mass is 10.1. The molecule has 1 aliphatic heterocycles. The molecule has 130 valence electrons. The maximum Gasteiger partial charge on any atom is 0.149 e. The zero-order chi connectivity index (χ0) is 17.1. The molecule has 0 spiro atoms. The SMILES string of the molecule is Cc1ccc(OCC(O)CN2CCCC2c2nncn2C)c(C)c1. The molecule has 6 nitrogen and oxygen atoms in total. The first kappa shape index (κ1) is 16.9. The number of hydrogen-bond acceptors (Lipinski definition) is 5. The molecule has 1 aromatic carbocycles. The molecule has 1 fully saturated rings. The molecule has 1 saturated heterocycles. The van der Waals surface area contributed by atoms with Crippen molar-refractivity contribution in [1.29, 1.82) is 0 Å². The van der Waals surface area contributed by atoms with E-state index in [1.165, 1.54) is 5.56 Å².